The summed E-state index contributed by atoms with van der Waals surface area (Å²) < 4.78 is 5.50. The van der Waals surface area contributed by atoms with Gasteiger partial charge in [0, 0.05) is 19.6 Å². The van der Waals surface area contributed by atoms with Crippen LogP contribution in [0.25, 0.3) is 0 Å². The third-order valence-electron chi connectivity index (χ3n) is 3.17. The Morgan fingerprint density at radius 3 is 2.76 bits per heavy atom. The third-order valence-corrected chi connectivity index (χ3v) is 3.17. The number of primary amides is 1. The smallest absolute Gasteiger partial charge is 0.326 e. The Hall–Kier alpha value is -1.87. The Bertz CT molecular complexity index is 390. The average Bonchev–Trinajstić information content (AvgIpc) is 2.44. The van der Waals surface area contributed by atoms with Crippen LogP contribution in [0.1, 0.15) is 13.3 Å². The Morgan fingerprint density at radius 1 is 1.48 bits per heavy atom. The fourth-order valence-corrected chi connectivity index (χ4v) is 2.01. The molecule has 1 aliphatic rings. The molecule has 0 spiro atoms. The van der Waals surface area contributed by atoms with Gasteiger partial charge in [0.05, 0.1) is 19.1 Å². The summed E-state index contributed by atoms with van der Waals surface area (Å²) in [7, 11) is 0. The molecule has 0 bridgehead atoms. The van der Waals surface area contributed by atoms with Crippen LogP contribution in [-0.4, -0.2) is 72.8 Å². The number of likely N-dealkylation sites (N-methyl/N-ethyl adjacent to an activating group) is 1. The summed E-state index contributed by atoms with van der Waals surface area (Å²) in [4.78, 5) is 35.4. The zero-order chi connectivity index (χ0) is 15.8. The van der Waals surface area contributed by atoms with E-state index in [-0.39, 0.29) is 12.6 Å². The maximum absolute atomic E-state index is 11.6. The zero-order valence-corrected chi connectivity index (χ0v) is 12.0. The standard InChI is InChI=1S/C12H22N4O5/c1-2-16-3-4-21-8(7-16)6-14-12(20)15-9(11(18)19)5-10(13)17/h8-9H,2-7H2,1H3,(H2,13,17)(H,18,19)(H2,14,15,20)/t8?,9-/m1/s1. The molecule has 5 N–H and O–H groups in total. The number of carbonyl (C=O) groups is 3. The van der Waals surface area contributed by atoms with E-state index in [9.17, 15) is 14.4 Å². The molecule has 1 fully saturated rings. The van der Waals surface area contributed by atoms with Gasteiger partial charge < -0.3 is 26.2 Å². The van der Waals surface area contributed by atoms with E-state index in [1.54, 1.807) is 0 Å². The lowest BCUT2D eigenvalue weighted by atomic mass is 10.2. The minimum Gasteiger partial charge on any atom is -0.480 e. The molecule has 0 aromatic rings. The summed E-state index contributed by atoms with van der Waals surface area (Å²) in [5.41, 5.74) is 4.93. The Morgan fingerprint density at radius 2 is 2.19 bits per heavy atom. The normalized spacial score (nSPS) is 20.5. The van der Waals surface area contributed by atoms with E-state index >= 15 is 0 Å². The van der Waals surface area contributed by atoms with Gasteiger partial charge in [-0.25, -0.2) is 9.59 Å². The van der Waals surface area contributed by atoms with Gasteiger partial charge in [-0.05, 0) is 6.54 Å². The second kappa shape index (κ2) is 8.42. The second-order valence-corrected chi connectivity index (χ2v) is 4.80. The lowest BCUT2D eigenvalue weighted by Gasteiger charge is -2.32. The first-order valence-corrected chi connectivity index (χ1v) is 6.81. The summed E-state index contributed by atoms with van der Waals surface area (Å²) >= 11 is 0. The van der Waals surface area contributed by atoms with Gasteiger partial charge in [-0.15, -0.1) is 0 Å². The molecular weight excluding hydrogens is 280 g/mol. The predicted octanol–water partition coefficient (Wildman–Crippen LogP) is -1.67. The zero-order valence-electron chi connectivity index (χ0n) is 12.0. The van der Waals surface area contributed by atoms with Crippen molar-refractivity contribution in [2.75, 3.05) is 32.8 Å². The molecule has 120 valence electrons. The largest absolute Gasteiger partial charge is 0.480 e. The van der Waals surface area contributed by atoms with Crippen LogP contribution in [0.3, 0.4) is 0 Å². The monoisotopic (exact) mass is 302 g/mol. The minimum atomic E-state index is -1.33. The summed E-state index contributed by atoms with van der Waals surface area (Å²) in [5, 5.41) is 13.6. The number of morpholine rings is 1. The van der Waals surface area contributed by atoms with Gasteiger partial charge in [-0.3, -0.25) is 9.69 Å². The van der Waals surface area contributed by atoms with Gasteiger partial charge in [0.25, 0.3) is 0 Å². The number of ether oxygens (including phenoxy) is 1. The number of nitrogens with two attached hydrogens (primary N) is 1. The maximum Gasteiger partial charge on any atom is 0.326 e. The number of rotatable bonds is 7. The molecule has 21 heavy (non-hydrogen) atoms. The summed E-state index contributed by atoms with van der Waals surface area (Å²) in [6.45, 7) is 5.39. The van der Waals surface area contributed by atoms with E-state index in [1.165, 1.54) is 0 Å². The van der Waals surface area contributed by atoms with Gasteiger partial charge in [-0.2, -0.15) is 0 Å². The Labute approximate surface area is 122 Å². The first-order chi connectivity index (χ1) is 9.92. The van der Waals surface area contributed by atoms with Crippen molar-refractivity contribution in [1.82, 2.24) is 15.5 Å². The number of amides is 3. The minimum absolute atomic E-state index is 0.135. The SMILES string of the molecule is CCN1CCOC(CNC(=O)N[C@H](CC(N)=O)C(=O)O)C1. The number of urea groups is 1. The highest BCUT2D eigenvalue weighted by atomic mass is 16.5. The van der Waals surface area contributed by atoms with Crippen molar-refractivity contribution in [3.8, 4) is 0 Å². The van der Waals surface area contributed by atoms with E-state index in [0.717, 1.165) is 13.1 Å². The van der Waals surface area contributed by atoms with Crippen molar-refractivity contribution in [3.05, 3.63) is 0 Å². The molecule has 0 aromatic heterocycles. The number of nitrogens with zero attached hydrogens (tertiary/aromatic N) is 1. The number of carbonyl (C=O) groups excluding carboxylic acids is 2. The molecule has 3 amide bonds. The van der Waals surface area contributed by atoms with E-state index in [2.05, 4.69) is 15.5 Å². The van der Waals surface area contributed by atoms with Crippen molar-refractivity contribution in [3.63, 3.8) is 0 Å². The van der Waals surface area contributed by atoms with Crippen LogP contribution in [-0.2, 0) is 14.3 Å². The highest BCUT2D eigenvalue weighted by molar-refractivity contribution is 5.87. The molecular formula is C12H22N4O5. The highest BCUT2D eigenvalue weighted by Crippen LogP contribution is 2.03. The average molecular weight is 302 g/mol. The van der Waals surface area contributed by atoms with E-state index in [0.29, 0.717) is 13.2 Å². The van der Waals surface area contributed by atoms with Crippen LogP contribution in [0.5, 0.6) is 0 Å². The second-order valence-electron chi connectivity index (χ2n) is 4.80. The quantitative estimate of drug-likeness (QED) is 0.444. The molecule has 0 saturated carbocycles. The predicted molar refractivity (Wildman–Crippen MR) is 73.6 cm³/mol. The molecule has 0 aliphatic carbocycles. The van der Waals surface area contributed by atoms with Crippen molar-refractivity contribution in [2.45, 2.75) is 25.5 Å². The number of hydrogen-bond acceptors (Lipinski definition) is 5. The molecule has 1 rings (SSSR count). The number of carboxylic acid groups (broad SMARTS) is 1. The van der Waals surface area contributed by atoms with Crippen molar-refractivity contribution in [1.29, 1.82) is 0 Å². The van der Waals surface area contributed by atoms with Crippen LogP contribution in [0, 0.1) is 0 Å². The number of hydrogen-bond donors (Lipinski definition) is 4. The molecule has 0 aromatic carbocycles. The topological polar surface area (TPSA) is 134 Å². The van der Waals surface area contributed by atoms with Crippen LogP contribution < -0.4 is 16.4 Å². The Kier molecular flexibility index (Phi) is 6.89. The highest BCUT2D eigenvalue weighted by Gasteiger charge is 2.23. The van der Waals surface area contributed by atoms with Gasteiger partial charge in [0.2, 0.25) is 5.91 Å². The van der Waals surface area contributed by atoms with Crippen molar-refractivity contribution >= 4 is 17.9 Å². The lowest BCUT2D eigenvalue weighted by Crippen LogP contribution is -2.52. The molecule has 9 heteroatoms. The molecule has 0 radical (unpaired) electrons. The number of carboxylic acids is 1. The van der Waals surface area contributed by atoms with E-state index < -0.39 is 30.4 Å². The summed E-state index contributed by atoms with van der Waals surface area (Å²) in [5.74, 6) is -2.10. The first-order valence-electron chi connectivity index (χ1n) is 6.81. The third kappa shape index (κ3) is 6.41. The van der Waals surface area contributed by atoms with Crippen molar-refractivity contribution < 1.29 is 24.2 Å². The molecule has 1 unspecified atom stereocenters. The summed E-state index contributed by atoms with van der Waals surface area (Å²) in [6, 6.07) is -2.00. The van der Waals surface area contributed by atoms with E-state index in [4.69, 9.17) is 15.6 Å². The van der Waals surface area contributed by atoms with Crippen molar-refractivity contribution in [2.24, 2.45) is 5.73 Å². The molecule has 2 atom stereocenters. The molecule has 9 nitrogen and oxygen atoms in total. The maximum atomic E-state index is 11.6. The van der Waals surface area contributed by atoms with Gasteiger partial charge in [0.15, 0.2) is 0 Å². The van der Waals surface area contributed by atoms with Crippen LogP contribution in [0.15, 0.2) is 0 Å². The fraction of sp³-hybridized carbons (Fsp3) is 0.750. The van der Waals surface area contributed by atoms with Crippen LogP contribution in [0.2, 0.25) is 0 Å². The first kappa shape index (κ1) is 17.2. The van der Waals surface area contributed by atoms with Crippen LogP contribution in [0.4, 0.5) is 4.79 Å². The van der Waals surface area contributed by atoms with Gasteiger partial charge in [0.1, 0.15) is 6.04 Å². The molecule has 1 saturated heterocycles. The summed E-state index contributed by atoms with van der Waals surface area (Å²) in [6.07, 6.45) is -0.587. The van der Waals surface area contributed by atoms with Crippen LogP contribution >= 0.6 is 0 Å². The number of aliphatic carboxylic acids is 1. The fourth-order valence-electron chi connectivity index (χ4n) is 2.01. The van der Waals surface area contributed by atoms with Gasteiger partial charge in [-0.1, -0.05) is 6.92 Å². The molecule has 1 heterocycles. The molecule has 1 aliphatic heterocycles. The lowest BCUT2D eigenvalue weighted by molar-refractivity contribution is -0.140. The Balaban J connectivity index is 2.35. The van der Waals surface area contributed by atoms with E-state index in [1.807, 2.05) is 6.92 Å². The number of nitrogens with one attached hydrogen (secondary N) is 2. The van der Waals surface area contributed by atoms with Gasteiger partial charge >= 0.3 is 12.0 Å².